The summed E-state index contributed by atoms with van der Waals surface area (Å²) in [6, 6.07) is 2.04. The molecule has 0 bridgehead atoms. The number of allylic oxidation sites excluding steroid dienone is 1. The highest BCUT2D eigenvalue weighted by molar-refractivity contribution is 9.10. The number of aliphatic hydroxyl groups excluding tert-OH is 1. The van der Waals surface area contributed by atoms with Crippen LogP contribution in [0, 0.1) is 12.8 Å². The highest BCUT2D eigenvalue weighted by Gasteiger charge is 2.05. The third-order valence-corrected chi connectivity index (χ3v) is 4.68. The zero-order valence-electron chi connectivity index (χ0n) is 20.0. The summed E-state index contributed by atoms with van der Waals surface area (Å²) in [4.78, 5) is 9.74. The topological polar surface area (TPSA) is 96.1 Å². The third kappa shape index (κ3) is 19.9. The molecule has 0 aromatic carbocycles. The lowest BCUT2D eigenvalue weighted by Crippen LogP contribution is -2.09. The summed E-state index contributed by atoms with van der Waals surface area (Å²) < 4.78 is 0.767. The Morgan fingerprint density at radius 3 is 2.23 bits per heavy atom. The lowest BCUT2D eigenvalue weighted by atomic mass is 10.2. The van der Waals surface area contributed by atoms with Crippen molar-refractivity contribution in [3.05, 3.63) is 52.8 Å². The van der Waals surface area contributed by atoms with Gasteiger partial charge in [0.1, 0.15) is 5.82 Å². The summed E-state index contributed by atoms with van der Waals surface area (Å²) in [5, 5.41) is 16.9. The lowest BCUT2D eigenvalue weighted by Gasteiger charge is -2.08. The lowest BCUT2D eigenvalue weighted by molar-refractivity contribution is 0.311. The van der Waals surface area contributed by atoms with Crippen LogP contribution in [0.15, 0.2) is 47.9 Å². The minimum absolute atomic E-state index is 0.0585. The quantitative estimate of drug-likeness (QED) is 0.303. The first-order valence-electron chi connectivity index (χ1n) is 10.3. The van der Waals surface area contributed by atoms with Crippen molar-refractivity contribution >= 4 is 44.7 Å². The van der Waals surface area contributed by atoms with Crippen LogP contribution in [0.25, 0.3) is 0 Å². The molecule has 0 saturated heterocycles. The Hall–Kier alpha value is -1.74. The van der Waals surface area contributed by atoms with Crippen molar-refractivity contribution in [1.82, 2.24) is 9.97 Å². The van der Waals surface area contributed by atoms with Crippen LogP contribution in [0.1, 0.15) is 45.4 Å². The molecular formula is C23H42BrN5OS. The van der Waals surface area contributed by atoms with E-state index in [1.54, 1.807) is 17.5 Å². The van der Waals surface area contributed by atoms with Crippen molar-refractivity contribution in [2.45, 2.75) is 47.5 Å². The standard InChI is InChI=1S/C11H13BrN4OS.C5H12.C4H8.C2H4.CH5N/c1-7-4-8(6-18-7)15-11-14-5-9(12)10(16-11)13-2-3-17;1-4-5(2)3;1-3-4-2;2*1-2/h4-6,17H,2-3H2,1H3,(H2,13,14,15,16);5H,4H2,1-3H3;3H,1,4H2,2H3;1-2H2;2H2,1H3. The van der Waals surface area contributed by atoms with Gasteiger partial charge in [0.15, 0.2) is 0 Å². The molecule has 0 amide bonds. The van der Waals surface area contributed by atoms with E-state index < -0.39 is 0 Å². The largest absolute Gasteiger partial charge is 0.395 e. The van der Waals surface area contributed by atoms with Gasteiger partial charge >= 0.3 is 0 Å². The molecule has 0 aliphatic heterocycles. The Bertz CT molecular complexity index is 665. The van der Waals surface area contributed by atoms with Gasteiger partial charge in [0.2, 0.25) is 5.95 Å². The van der Waals surface area contributed by atoms with Crippen molar-refractivity contribution < 1.29 is 5.11 Å². The summed E-state index contributed by atoms with van der Waals surface area (Å²) in [6.07, 6.45) is 5.94. The number of anilines is 3. The van der Waals surface area contributed by atoms with Gasteiger partial charge in [-0.25, -0.2) is 4.98 Å². The van der Waals surface area contributed by atoms with Crippen LogP contribution in [0.4, 0.5) is 17.5 Å². The average molecular weight is 517 g/mol. The molecule has 0 aliphatic carbocycles. The number of rotatable bonds is 7. The van der Waals surface area contributed by atoms with Crippen LogP contribution < -0.4 is 16.4 Å². The second-order valence-corrected chi connectivity index (χ2v) is 8.08. The maximum absolute atomic E-state index is 8.79. The van der Waals surface area contributed by atoms with E-state index in [4.69, 9.17) is 5.11 Å². The van der Waals surface area contributed by atoms with Gasteiger partial charge < -0.3 is 21.5 Å². The van der Waals surface area contributed by atoms with Crippen LogP contribution in [0.2, 0.25) is 0 Å². The number of aromatic nitrogens is 2. The smallest absolute Gasteiger partial charge is 0.229 e. The van der Waals surface area contributed by atoms with Crippen molar-refractivity contribution in [1.29, 1.82) is 0 Å². The maximum Gasteiger partial charge on any atom is 0.229 e. The summed E-state index contributed by atoms with van der Waals surface area (Å²) in [5.41, 5.74) is 5.48. The molecule has 2 rings (SSSR count). The summed E-state index contributed by atoms with van der Waals surface area (Å²) in [6.45, 7) is 20.7. The summed E-state index contributed by atoms with van der Waals surface area (Å²) >= 11 is 5.02. The molecule has 0 aliphatic rings. The average Bonchev–Trinajstić information content (AvgIpc) is 3.21. The van der Waals surface area contributed by atoms with Crippen LogP contribution in [-0.2, 0) is 0 Å². The van der Waals surface area contributed by atoms with Crippen molar-refractivity contribution in [2.24, 2.45) is 11.7 Å². The number of aryl methyl sites for hydroxylation is 1. The van der Waals surface area contributed by atoms with Crippen molar-refractivity contribution in [3.8, 4) is 0 Å². The second-order valence-electron chi connectivity index (χ2n) is 6.11. The monoisotopic (exact) mass is 515 g/mol. The van der Waals surface area contributed by atoms with E-state index in [2.05, 4.69) is 89.7 Å². The molecule has 0 unspecified atom stereocenters. The van der Waals surface area contributed by atoms with Gasteiger partial charge in [-0.05, 0) is 48.3 Å². The molecule has 6 nitrogen and oxygen atoms in total. The minimum atomic E-state index is 0.0585. The number of nitrogens with one attached hydrogen (secondary N) is 2. The van der Waals surface area contributed by atoms with E-state index in [1.807, 2.05) is 24.4 Å². The summed E-state index contributed by atoms with van der Waals surface area (Å²) in [7, 11) is 1.50. The highest BCUT2D eigenvalue weighted by atomic mass is 79.9. The van der Waals surface area contributed by atoms with E-state index >= 15 is 0 Å². The molecule has 31 heavy (non-hydrogen) atoms. The molecule has 0 atom stereocenters. The molecule has 2 heterocycles. The van der Waals surface area contributed by atoms with Gasteiger partial charge in [-0.1, -0.05) is 40.2 Å². The predicted molar refractivity (Wildman–Crippen MR) is 145 cm³/mol. The number of nitrogens with two attached hydrogens (primary N) is 1. The van der Waals surface area contributed by atoms with Crippen LogP contribution >= 0.6 is 27.3 Å². The van der Waals surface area contributed by atoms with E-state index in [0.717, 1.165) is 22.5 Å². The number of nitrogens with zero attached hydrogens (tertiary/aromatic N) is 2. The Morgan fingerprint density at radius 2 is 1.84 bits per heavy atom. The fourth-order valence-corrected chi connectivity index (χ4v) is 2.33. The first-order chi connectivity index (χ1) is 14.9. The Balaban J connectivity index is -0.000000503. The third-order valence-electron chi connectivity index (χ3n) is 3.24. The zero-order valence-corrected chi connectivity index (χ0v) is 22.4. The van der Waals surface area contributed by atoms with Gasteiger partial charge in [-0.3, -0.25) is 0 Å². The molecule has 178 valence electrons. The maximum atomic E-state index is 8.79. The van der Waals surface area contributed by atoms with Crippen molar-refractivity contribution in [2.75, 3.05) is 30.8 Å². The molecule has 2 aromatic heterocycles. The first kappa shape index (κ1) is 33.9. The van der Waals surface area contributed by atoms with E-state index in [0.29, 0.717) is 18.3 Å². The van der Waals surface area contributed by atoms with Crippen LogP contribution in [-0.4, -0.2) is 35.3 Å². The van der Waals surface area contributed by atoms with E-state index in [1.165, 1.54) is 18.3 Å². The molecule has 0 radical (unpaired) electrons. The number of hydrogen-bond donors (Lipinski definition) is 4. The van der Waals surface area contributed by atoms with E-state index in [-0.39, 0.29) is 6.61 Å². The molecule has 0 saturated carbocycles. The Morgan fingerprint density at radius 1 is 1.29 bits per heavy atom. The first-order valence-corrected chi connectivity index (χ1v) is 11.9. The molecule has 5 N–H and O–H groups in total. The molecule has 0 spiro atoms. The van der Waals surface area contributed by atoms with Gasteiger partial charge in [0.05, 0.1) is 16.8 Å². The normalized spacial score (nSPS) is 8.71. The molecule has 8 heteroatoms. The number of halogens is 1. The van der Waals surface area contributed by atoms with Crippen LogP contribution in [0.5, 0.6) is 0 Å². The van der Waals surface area contributed by atoms with E-state index in [9.17, 15) is 0 Å². The van der Waals surface area contributed by atoms with Gasteiger partial charge in [-0.2, -0.15) is 4.98 Å². The Kier molecular flexibility index (Phi) is 26.8. The number of thiophene rings is 1. The SMILES string of the molecule is C=C.C=CCC.CCC(C)C.CN.Cc1cc(Nc2ncc(Br)c(NCCO)n2)cs1. The fraction of sp³-hybridized carbons (Fsp3) is 0.478. The zero-order chi connectivity index (χ0) is 24.7. The highest BCUT2D eigenvalue weighted by Crippen LogP contribution is 2.24. The van der Waals surface area contributed by atoms with Gasteiger partial charge in [-0.15, -0.1) is 31.1 Å². The fourth-order valence-electron chi connectivity index (χ4n) is 1.36. The van der Waals surface area contributed by atoms with Gasteiger partial charge in [0.25, 0.3) is 0 Å². The molecular weight excluding hydrogens is 474 g/mol. The molecule has 2 aromatic rings. The van der Waals surface area contributed by atoms with Crippen molar-refractivity contribution in [3.63, 3.8) is 0 Å². The Labute approximate surface area is 202 Å². The van der Waals surface area contributed by atoms with Gasteiger partial charge in [0, 0.05) is 23.0 Å². The van der Waals surface area contributed by atoms with Crippen LogP contribution in [0.3, 0.4) is 0 Å². The number of hydrogen-bond acceptors (Lipinski definition) is 7. The predicted octanol–water partition coefficient (Wildman–Crippen LogP) is 6.77. The summed E-state index contributed by atoms with van der Waals surface area (Å²) in [5.74, 6) is 2.07. The molecule has 0 fully saturated rings. The minimum Gasteiger partial charge on any atom is -0.395 e. The second kappa shape index (κ2) is 24.5. The number of aliphatic hydroxyl groups is 1.